The molecule has 0 spiro atoms. The summed E-state index contributed by atoms with van der Waals surface area (Å²) in [5.74, 6) is 0.0970. The second-order valence-electron chi connectivity index (χ2n) is 6.25. The normalized spacial score (nSPS) is 10.9. The van der Waals surface area contributed by atoms with Crippen molar-refractivity contribution in [3.63, 3.8) is 0 Å². The highest BCUT2D eigenvalue weighted by Crippen LogP contribution is 2.33. The number of non-ortho nitro benzene ring substituents is 1. The van der Waals surface area contributed by atoms with Crippen molar-refractivity contribution in [2.75, 3.05) is 12.4 Å². The number of nitrogens with one attached hydrogen (secondary N) is 1. The number of benzene rings is 2. The Hall–Kier alpha value is -4.30. The number of allylic oxidation sites excluding steroid dienone is 1. The fourth-order valence-corrected chi connectivity index (χ4v) is 3.50. The van der Waals surface area contributed by atoms with E-state index < -0.39 is 9.85 Å². The van der Waals surface area contributed by atoms with Crippen LogP contribution in [-0.2, 0) is 0 Å². The number of aryl methyl sites for hydroxylation is 1. The Labute approximate surface area is 180 Å². The highest BCUT2D eigenvalue weighted by atomic mass is 32.1. The van der Waals surface area contributed by atoms with Crippen LogP contribution >= 0.6 is 11.3 Å². The van der Waals surface area contributed by atoms with E-state index in [4.69, 9.17) is 4.74 Å². The van der Waals surface area contributed by atoms with Crippen LogP contribution in [0.25, 0.3) is 16.8 Å². The van der Waals surface area contributed by atoms with Crippen LogP contribution in [0.15, 0.2) is 48.0 Å². The number of hydrogen-bond acceptors (Lipinski definition) is 9. The van der Waals surface area contributed by atoms with Gasteiger partial charge in [-0.1, -0.05) is 0 Å². The SMILES string of the molecule is COc1cc(NC=C(C#N)c2nc(-c3ccc([N+](=O)[O-])cc3)cs2)c(C)cc1[N+](=O)[O-]. The molecule has 10 nitrogen and oxygen atoms in total. The minimum absolute atomic E-state index is 0.0186. The van der Waals surface area contributed by atoms with Crippen LogP contribution in [0.5, 0.6) is 5.75 Å². The topological polar surface area (TPSA) is 144 Å². The van der Waals surface area contributed by atoms with Crippen LogP contribution in [0.3, 0.4) is 0 Å². The second kappa shape index (κ2) is 9.02. The molecular weight excluding hydrogens is 422 g/mol. The van der Waals surface area contributed by atoms with Crippen LogP contribution in [-0.4, -0.2) is 21.9 Å². The van der Waals surface area contributed by atoms with Crippen molar-refractivity contribution in [1.82, 2.24) is 4.98 Å². The standard InChI is InChI=1S/C20H15N5O5S/c1-12-7-18(25(28)29)19(30-2)8-16(12)22-10-14(9-21)20-23-17(11-31-20)13-3-5-15(6-4-13)24(26)27/h3-8,10-11,22H,1-2H3. The lowest BCUT2D eigenvalue weighted by molar-refractivity contribution is -0.385. The Bertz CT molecular complexity index is 1230. The Morgan fingerprint density at radius 1 is 1.23 bits per heavy atom. The summed E-state index contributed by atoms with van der Waals surface area (Å²) in [7, 11) is 1.34. The van der Waals surface area contributed by atoms with Crippen molar-refractivity contribution in [3.05, 3.63) is 78.8 Å². The first-order valence-corrected chi connectivity index (χ1v) is 9.62. The fraction of sp³-hybridized carbons (Fsp3) is 0.100. The van der Waals surface area contributed by atoms with E-state index in [1.165, 1.54) is 48.9 Å². The van der Waals surface area contributed by atoms with E-state index >= 15 is 0 Å². The highest BCUT2D eigenvalue weighted by molar-refractivity contribution is 7.11. The summed E-state index contributed by atoms with van der Waals surface area (Å²) in [6, 6.07) is 10.9. The molecule has 3 rings (SSSR count). The molecule has 1 aromatic heterocycles. The number of aromatic nitrogens is 1. The number of anilines is 1. The maximum atomic E-state index is 11.1. The lowest BCUT2D eigenvalue weighted by atomic mass is 10.1. The van der Waals surface area contributed by atoms with E-state index in [1.54, 1.807) is 24.4 Å². The largest absolute Gasteiger partial charge is 0.490 e. The van der Waals surface area contributed by atoms with Crippen molar-refractivity contribution < 1.29 is 14.6 Å². The van der Waals surface area contributed by atoms with Crippen LogP contribution < -0.4 is 10.1 Å². The predicted molar refractivity (Wildman–Crippen MR) is 116 cm³/mol. The van der Waals surface area contributed by atoms with Crippen molar-refractivity contribution in [2.24, 2.45) is 0 Å². The van der Waals surface area contributed by atoms with Gasteiger partial charge in [0.05, 0.1) is 22.7 Å². The van der Waals surface area contributed by atoms with Gasteiger partial charge in [-0.25, -0.2) is 4.98 Å². The van der Waals surface area contributed by atoms with Gasteiger partial charge < -0.3 is 10.1 Å². The summed E-state index contributed by atoms with van der Waals surface area (Å²) in [6.07, 6.45) is 1.46. The molecule has 0 amide bonds. The lowest BCUT2D eigenvalue weighted by Crippen LogP contribution is -1.99. The molecule has 0 bridgehead atoms. The smallest absolute Gasteiger partial charge is 0.311 e. The summed E-state index contributed by atoms with van der Waals surface area (Å²) in [6.45, 7) is 1.70. The number of nitriles is 1. The first-order chi connectivity index (χ1) is 14.8. The fourth-order valence-electron chi connectivity index (χ4n) is 2.71. The van der Waals surface area contributed by atoms with Gasteiger partial charge in [0.15, 0.2) is 5.75 Å². The molecule has 1 heterocycles. The molecule has 3 aromatic rings. The summed E-state index contributed by atoms with van der Waals surface area (Å²) < 4.78 is 5.08. The van der Waals surface area contributed by atoms with Gasteiger partial charge in [0.1, 0.15) is 16.6 Å². The Balaban J connectivity index is 1.86. The highest BCUT2D eigenvalue weighted by Gasteiger charge is 2.17. The number of nitro groups is 2. The number of hydrogen-bond donors (Lipinski definition) is 1. The lowest BCUT2D eigenvalue weighted by Gasteiger charge is -2.09. The zero-order valence-corrected chi connectivity index (χ0v) is 17.2. The summed E-state index contributed by atoms with van der Waals surface area (Å²) in [4.78, 5) is 25.3. The molecule has 0 aliphatic carbocycles. The average molecular weight is 437 g/mol. The maximum absolute atomic E-state index is 11.1. The minimum Gasteiger partial charge on any atom is -0.490 e. The van der Waals surface area contributed by atoms with Gasteiger partial charge in [-0.05, 0) is 24.6 Å². The van der Waals surface area contributed by atoms with Crippen LogP contribution in [0.1, 0.15) is 10.6 Å². The summed E-state index contributed by atoms with van der Waals surface area (Å²) in [5, 5.41) is 36.6. The zero-order chi connectivity index (χ0) is 22.5. The summed E-state index contributed by atoms with van der Waals surface area (Å²) in [5.41, 5.74) is 2.51. The van der Waals surface area contributed by atoms with Crippen molar-refractivity contribution >= 4 is 34.0 Å². The van der Waals surface area contributed by atoms with E-state index in [-0.39, 0.29) is 22.7 Å². The van der Waals surface area contributed by atoms with Crippen LogP contribution in [0.4, 0.5) is 17.1 Å². The van der Waals surface area contributed by atoms with Crippen LogP contribution in [0, 0.1) is 38.5 Å². The van der Waals surface area contributed by atoms with E-state index in [1.807, 2.05) is 0 Å². The van der Waals surface area contributed by atoms with Gasteiger partial charge in [-0.3, -0.25) is 20.2 Å². The molecule has 2 aromatic carbocycles. The third-order valence-corrected chi connectivity index (χ3v) is 5.20. The number of thiazole rings is 1. The van der Waals surface area contributed by atoms with E-state index in [2.05, 4.69) is 16.4 Å². The van der Waals surface area contributed by atoms with Crippen molar-refractivity contribution in [2.45, 2.75) is 6.92 Å². The van der Waals surface area contributed by atoms with Gasteiger partial charge in [0.25, 0.3) is 5.69 Å². The predicted octanol–water partition coefficient (Wildman–Crippen LogP) is 4.92. The number of nitro benzene ring substituents is 2. The number of rotatable bonds is 7. The quantitative estimate of drug-likeness (QED) is 0.311. The molecule has 0 radical (unpaired) electrons. The molecule has 0 saturated heterocycles. The zero-order valence-electron chi connectivity index (χ0n) is 16.4. The van der Waals surface area contributed by atoms with Crippen molar-refractivity contribution in [1.29, 1.82) is 5.26 Å². The molecule has 0 aliphatic rings. The third kappa shape index (κ3) is 4.65. The molecule has 0 saturated carbocycles. The average Bonchev–Trinajstić information content (AvgIpc) is 3.24. The van der Waals surface area contributed by atoms with Crippen molar-refractivity contribution in [3.8, 4) is 23.1 Å². The maximum Gasteiger partial charge on any atom is 0.311 e. The van der Waals surface area contributed by atoms with Gasteiger partial charge in [0.2, 0.25) is 0 Å². The molecule has 156 valence electrons. The Kier molecular flexibility index (Phi) is 6.23. The van der Waals surface area contributed by atoms with E-state index in [0.29, 0.717) is 27.5 Å². The molecule has 0 atom stereocenters. The molecule has 0 aliphatic heterocycles. The molecule has 0 fully saturated rings. The number of methoxy groups -OCH3 is 1. The number of ether oxygens (including phenoxy) is 1. The number of nitrogens with zero attached hydrogens (tertiary/aromatic N) is 4. The third-order valence-electron chi connectivity index (χ3n) is 4.32. The Morgan fingerprint density at radius 2 is 1.94 bits per heavy atom. The first-order valence-electron chi connectivity index (χ1n) is 8.74. The van der Waals surface area contributed by atoms with Gasteiger partial charge >= 0.3 is 5.69 Å². The van der Waals surface area contributed by atoms with E-state index in [9.17, 15) is 25.5 Å². The van der Waals surface area contributed by atoms with Crippen LogP contribution in [0.2, 0.25) is 0 Å². The molecule has 11 heteroatoms. The Morgan fingerprint density at radius 3 is 2.52 bits per heavy atom. The molecule has 31 heavy (non-hydrogen) atoms. The molecular formula is C20H15N5O5S. The summed E-state index contributed by atoms with van der Waals surface area (Å²) >= 11 is 1.25. The van der Waals surface area contributed by atoms with Gasteiger partial charge in [-0.2, -0.15) is 5.26 Å². The first kappa shape index (κ1) is 21.4. The second-order valence-corrected chi connectivity index (χ2v) is 7.11. The minimum atomic E-state index is -0.526. The van der Waals surface area contributed by atoms with Gasteiger partial charge in [0, 0.05) is 47.1 Å². The monoisotopic (exact) mass is 437 g/mol. The van der Waals surface area contributed by atoms with E-state index in [0.717, 1.165) is 0 Å². The molecule has 1 N–H and O–H groups in total. The molecule has 0 unspecified atom stereocenters. The van der Waals surface area contributed by atoms with Gasteiger partial charge in [-0.15, -0.1) is 11.3 Å².